The van der Waals surface area contributed by atoms with E-state index in [-0.39, 0.29) is 11.5 Å². The first-order valence-corrected chi connectivity index (χ1v) is 13.1. The maximum atomic E-state index is 12.6. The van der Waals surface area contributed by atoms with Gasteiger partial charge in [-0.2, -0.15) is 0 Å². The normalized spacial score (nSPS) is 10.8. The van der Waals surface area contributed by atoms with E-state index in [1.165, 1.54) is 12.1 Å². The predicted octanol–water partition coefficient (Wildman–Crippen LogP) is 8.15. The van der Waals surface area contributed by atoms with Gasteiger partial charge in [-0.1, -0.05) is 91.0 Å². The van der Waals surface area contributed by atoms with Crippen molar-refractivity contribution in [2.75, 3.05) is 0 Å². The van der Waals surface area contributed by atoms with E-state index in [0.29, 0.717) is 24.3 Å². The van der Waals surface area contributed by atoms with E-state index in [9.17, 15) is 14.9 Å². The number of nitrogens with zero attached hydrogens (tertiary/aromatic N) is 1. The third-order valence-electron chi connectivity index (χ3n) is 6.41. The molecule has 0 unspecified atom stereocenters. The van der Waals surface area contributed by atoms with Gasteiger partial charge in [0, 0.05) is 23.3 Å². The van der Waals surface area contributed by atoms with Crippen molar-refractivity contribution in [2.45, 2.75) is 13.2 Å². The number of non-ortho nitro benzene ring substituents is 1. The Morgan fingerprint density at radius 2 is 1.20 bits per heavy atom. The minimum Gasteiger partial charge on any atom is -0.489 e. The Hall–Kier alpha value is -5.49. The summed E-state index contributed by atoms with van der Waals surface area (Å²) in [5.74, 6) is 1.48. The Kier molecular flexibility index (Phi) is 8.62. The van der Waals surface area contributed by atoms with E-state index in [1.807, 2.05) is 115 Å². The first-order valence-electron chi connectivity index (χ1n) is 13.1. The molecule has 5 aromatic carbocycles. The van der Waals surface area contributed by atoms with Crippen LogP contribution < -0.4 is 9.47 Å². The van der Waals surface area contributed by atoms with Gasteiger partial charge in [-0.3, -0.25) is 14.9 Å². The summed E-state index contributed by atoms with van der Waals surface area (Å²) in [4.78, 5) is 23.0. The number of rotatable bonds is 11. The number of carbonyl (C=O) groups excluding carboxylic acids is 1. The first kappa shape index (κ1) is 27.1. The number of benzene rings is 5. The van der Waals surface area contributed by atoms with Crippen molar-refractivity contribution in [3.63, 3.8) is 0 Å². The molecule has 0 aromatic heterocycles. The highest BCUT2D eigenvalue weighted by Crippen LogP contribution is 2.20. The highest BCUT2D eigenvalue weighted by Gasteiger charge is 2.08. The van der Waals surface area contributed by atoms with Crippen LogP contribution in [0.2, 0.25) is 0 Å². The molecule has 0 saturated heterocycles. The molecule has 0 spiro atoms. The third-order valence-corrected chi connectivity index (χ3v) is 6.41. The smallest absolute Gasteiger partial charge is 0.269 e. The van der Waals surface area contributed by atoms with Crippen molar-refractivity contribution in [3.05, 3.63) is 171 Å². The number of hydrogen-bond donors (Lipinski definition) is 0. The van der Waals surface area contributed by atoms with Gasteiger partial charge in [0.1, 0.15) is 24.7 Å². The summed E-state index contributed by atoms with van der Waals surface area (Å²) in [6.45, 7) is 0.782. The van der Waals surface area contributed by atoms with Crippen LogP contribution in [-0.4, -0.2) is 10.7 Å². The molecule has 0 heterocycles. The minimum atomic E-state index is -0.409. The molecule has 0 fully saturated rings. The van der Waals surface area contributed by atoms with Crippen molar-refractivity contribution in [1.82, 2.24) is 0 Å². The lowest BCUT2D eigenvalue weighted by molar-refractivity contribution is -0.384. The fourth-order valence-corrected chi connectivity index (χ4v) is 4.14. The van der Waals surface area contributed by atoms with Crippen LogP contribution in [0.1, 0.15) is 38.2 Å². The molecule has 6 heteroatoms. The van der Waals surface area contributed by atoms with Crippen LogP contribution in [0.15, 0.2) is 127 Å². The van der Waals surface area contributed by atoms with E-state index < -0.39 is 4.92 Å². The number of nitro benzene ring substituents is 1. The quantitative estimate of drug-likeness (QED) is 0.0730. The molecule has 0 atom stereocenters. The summed E-state index contributed by atoms with van der Waals surface area (Å²) in [5, 5.41) is 10.8. The van der Waals surface area contributed by atoms with Crippen LogP contribution in [0.25, 0.3) is 12.2 Å². The van der Waals surface area contributed by atoms with Gasteiger partial charge in [0.15, 0.2) is 5.78 Å². The van der Waals surface area contributed by atoms with Crippen LogP contribution in [0, 0.1) is 10.1 Å². The summed E-state index contributed by atoms with van der Waals surface area (Å²) < 4.78 is 11.9. The summed E-state index contributed by atoms with van der Waals surface area (Å²) in [7, 11) is 0. The summed E-state index contributed by atoms with van der Waals surface area (Å²) in [5.41, 5.74) is 5.21. The van der Waals surface area contributed by atoms with Crippen molar-refractivity contribution in [3.8, 4) is 11.5 Å². The average Bonchev–Trinajstić information content (AvgIpc) is 3.03. The number of ketones is 1. The lowest BCUT2D eigenvalue weighted by Crippen LogP contribution is -2.02. The van der Waals surface area contributed by atoms with Crippen molar-refractivity contribution >= 4 is 23.6 Å². The second-order valence-corrected chi connectivity index (χ2v) is 9.37. The highest BCUT2D eigenvalue weighted by atomic mass is 16.6. The van der Waals surface area contributed by atoms with Gasteiger partial charge in [0.2, 0.25) is 0 Å². The lowest BCUT2D eigenvalue weighted by atomic mass is 10.0. The average molecular weight is 542 g/mol. The lowest BCUT2D eigenvalue weighted by Gasteiger charge is -2.10. The Labute approximate surface area is 238 Å². The van der Waals surface area contributed by atoms with Crippen LogP contribution in [-0.2, 0) is 13.2 Å². The SMILES string of the molecule is O=C(c1ccccc1)c1ccc(COc2cccc(COc3ccc(/C=C/c4ccc([N+](=O)[O-])cc4)cc3)c2)cc1. The van der Waals surface area contributed by atoms with Gasteiger partial charge in [-0.15, -0.1) is 0 Å². The molecule has 5 rings (SSSR count). The molecule has 0 radical (unpaired) electrons. The van der Waals surface area contributed by atoms with Gasteiger partial charge in [0.25, 0.3) is 5.69 Å². The van der Waals surface area contributed by atoms with Gasteiger partial charge >= 0.3 is 0 Å². The van der Waals surface area contributed by atoms with Gasteiger partial charge in [0.05, 0.1) is 4.92 Å². The second kappa shape index (κ2) is 13.0. The second-order valence-electron chi connectivity index (χ2n) is 9.37. The zero-order valence-corrected chi connectivity index (χ0v) is 22.2. The molecule has 0 amide bonds. The fraction of sp³-hybridized carbons (Fsp3) is 0.0571. The van der Waals surface area contributed by atoms with E-state index >= 15 is 0 Å². The van der Waals surface area contributed by atoms with Crippen LogP contribution >= 0.6 is 0 Å². The Morgan fingerprint density at radius 3 is 1.85 bits per heavy atom. The van der Waals surface area contributed by atoms with E-state index in [1.54, 1.807) is 12.1 Å². The van der Waals surface area contributed by atoms with Crippen molar-refractivity contribution in [1.29, 1.82) is 0 Å². The molecule has 202 valence electrons. The van der Waals surface area contributed by atoms with E-state index in [2.05, 4.69) is 0 Å². The largest absolute Gasteiger partial charge is 0.489 e. The molecule has 0 N–H and O–H groups in total. The highest BCUT2D eigenvalue weighted by molar-refractivity contribution is 6.08. The van der Waals surface area contributed by atoms with E-state index in [0.717, 1.165) is 33.8 Å². The minimum absolute atomic E-state index is 0.000813. The number of hydrogen-bond acceptors (Lipinski definition) is 5. The number of ether oxygens (including phenoxy) is 2. The zero-order valence-electron chi connectivity index (χ0n) is 22.2. The van der Waals surface area contributed by atoms with Crippen LogP contribution in [0.4, 0.5) is 5.69 Å². The predicted molar refractivity (Wildman–Crippen MR) is 160 cm³/mol. The maximum absolute atomic E-state index is 12.6. The van der Waals surface area contributed by atoms with Crippen LogP contribution in [0.5, 0.6) is 11.5 Å². The number of nitro groups is 1. The molecular formula is C35H27NO5. The Balaban J connectivity index is 1.11. The molecule has 6 nitrogen and oxygen atoms in total. The van der Waals surface area contributed by atoms with Gasteiger partial charge in [-0.25, -0.2) is 0 Å². The maximum Gasteiger partial charge on any atom is 0.269 e. The topological polar surface area (TPSA) is 78.7 Å². The van der Waals surface area contributed by atoms with Gasteiger partial charge < -0.3 is 9.47 Å². The van der Waals surface area contributed by atoms with Crippen molar-refractivity contribution in [2.24, 2.45) is 0 Å². The molecule has 0 saturated carbocycles. The molecular weight excluding hydrogens is 514 g/mol. The summed E-state index contributed by atoms with van der Waals surface area (Å²) in [6.07, 6.45) is 3.85. The zero-order chi connectivity index (χ0) is 28.4. The third kappa shape index (κ3) is 7.55. The molecule has 0 aliphatic carbocycles. The Morgan fingerprint density at radius 1 is 0.610 bits per heavy atom. The molecule has 0 aliphatic heterocycles. The molecule has 0 aliphatic rings. The first-order chi connectivity index (χ1) is 20.0. The summed E-state index contributed by atoms with van der Waals surface area (Å²) >= 11 is 0. The summed E-state index contributed by atoms with van der Waals surface area (Å²) in [6, 6.07) is 38.6. The monoisotopic (exact) mass is 541 g/mol. The molecule has 0 bridgehead atoms. The standard InChI is InChI=1S/C35H27NO5/c37-35(30-6-2-1-3-7-30)31-17-11-28(12-18-31)24-41-34-8-4-5-29(23-34)25-40-33-21-15-27(16-22-33)10-9-26-13-19-32(20-14-26)36(38)39/h1-23H,24-25H2/b10-9+. The van der Waals surface area contributed by atoms with Crippen molar-refractivity contribution < 1.29 is 19.2 Å². The van der Waals surface area contributed by atoms with Gasteiger partial charge in [-0.05, 0) is 58.7 Å². The Bertz CT molecular complexity index is 1640. The molecule has 5 aromatic rings. The fourth-order valence-electron chi connectivity index (χ4n) is 4.14. The molecule has 41 heavy (non-hydrogen) atoms. The number of carbonyl (C=O) groups is 1. The van der Waals surface area contributed by atoms with Crippen LogP contribution in [0.3, 0.4) is 0 Å². The van der Waals surface area contributed by atoms with E-state index in [4.69, 9.17) is 9.47 Å².